The number of aromatic nitrogens is 3. The minimum atomic E-state index is -0.935. The smallest absolute Gasteiger partial charge is 0.335 e. The maximum absolute atomic E-state index is 11.0. The highest BCUT2D eigenvalue weighted by atomic mass is 32.1. The molecule has 1 saturated heterocycles. The van der Waals surface area contributed by atoms with Crippen LogP contribution in [0.1, 0.15) is 30.1 Å². The lowest BCUT2D eigenvalue weighted by Gasteiger charge is -2.33. The highest BCUT2D eigenvalue weighted by Gasteiger charge is 2.20. The molecule has 0 saturated carbocycles. The number of hydrogen-bond donors (Lipinski definition) is 1. The van der Waals surface area contributed by atoms with Crippen molar-refractivity contribution >= 4 is 28.0 Å². The first-order chi connectivity index (χ1) is 15.6. The first kappa shape index (κ1) is 20.7. The maximum atomic E-state index is 11.0. The van der Waals surface area contributed by atoms with Gasteiger partial charge in [-0.05, 0) is 56.2 Å². The number of anilines is 1. The van der Waals surface area contributed by atoms with Gasteiger partial charge < -0.3 is 14.7 Å². The van der Waals surface area contributed by atoms with Crippen molar-refractivity contribution in [2.24, 2.45) is 0 Å². The number of hydrogen-bond acceptors (Lipinski definition) is 6. The number of nitrogens with zero attached hydrogens (tertiary/aromatic N) is 4. The summed E-state index contributed by atoms with van der Waals surface area (Å²) in [7, 11) is 0. The van der Waals surface area contributed by atoms with E-state index in [4.69, 9.17) is 14.9 Å². The van der Waals surface area contributed by atoms with Gasteiger partial charge in [0.05, 0.1) is 23.6 Å². The summed E-state index contributed by atoms with van der Waals surface area (Å²) in [5.41, 5.74) is 4.21. The van der Waals surface area contributed by atoms with Crippen LogP contribution in [0, 0.1) is 0 Å². The number of aromatic carboxylic acids is 1. The van der Waals surface area contributed by atoms with Crippen LogP contribution < -0.4 is 4.90 Å². The fourth-order valence-corrected chi connectivity index (χ4v) is 4.96. The third-order valence-corrected chi connectivity index (χ3v) is 6.77. The van der Waals surface area contributed by atoms with Gasteiger partial charge in [0.25, 0.3) is 0 Å². The fourth-order valence-electron chi connectivity index (χ4n) is 4.07. The molecule has 1 aliphatic rings. The predicted octanol–water partition coefficient (Wildman–Crippen LogP) is 4.83. The minimum absolute atomic E-state index is 0.261. The standard InChI is InChI=1S/C24H24N4O3S/c1-2-31-20-11-13-27(14-12-20)19-9-7-17(8-10-19)22-26-28-15-21(25-24(28)32-22)16-3-5-18(6-4-16)23(29)30/h3-10,15,20H,2,11-14H2,1H3,(H,29,30). The Balaban J connectivity index is 1.30. The molecule has 2 aromatic carbocycles. The fraction of sp³-hybridized carbons (Fsp3) is 0.292. The topological polar surface area (TPSA) is 80.0 Å². The first-order valence-corrected chi connectivity index (χ1v) is 11.6. The van der Waals surface area contributed by atoms with Crippen molar-refractivity contribution in [3.63, 3.8) is 0 Å². The number of carbonyl (C=O) groups is 1. The van der Waals surface area contributed by atoms with E-state index in [0.29, 0.717) is 6.10 Å². The lowest BCUT2D eigenvalue weighted by atomic mass is 10.1. The molecule has 164 valence electrons. The Morgan fingerprint density at radius 2 is 1.78 bits per heavy atom. The highest BCUT2D eigenvalue weighted by molar-refractivity contribution is 7.19. The quantitative estimate of drug-likeness (QED) is 0.455. The average Bonchev–Trinajstić information content (AvgIpc) is 3.40. The second-order valence-electron chi connectivity index (χ2n) is 7.83. The van der Waals surface area contributed by atoms with Crippen LogP contribution in [0.5, 0.6) is 0 Å². The lowest BCUT2D eigenvalue weighted by molar-refractivity contribution is 0.0459. The van der Waals surface area contributed by atoms with Crippen molar-refractivity contribution in [2.75, 3.05) is 24.6 Å². The number of ether oxygens (including phenoxy) is 1. The Labute approximate surface area is 189 Å². The van der Waals surface area contributed by atoms with Gasteiger partial charge in [-0.15, -0.1) is 0 Å². The molecule has 1 N–H and O–H groups in total. The molecule has 0 atom stereocenters. The van der Waals surface area contributed by atoms with E-state index < -0.39 is 5.97 Å². The second kappa shape index (κ2) is 8.72. The molecular weight excluding hydrogens is 424 g/mol. The van der Waals surface area contributed by atoms with Crippen LogP contribution in [0.2, 0.25) is 0 Å². The number of piperidine rings is 1. The minimum Gasteiger partial charge on any atom is -0.478 e. The first-order valence-electron chi connectivity index (χ1n) is 10.8. The zero-order chi connectivity index (χ0) is 22.1. The Hall–Kier alpha value is -3.23. The molecule has 0 aliphatic carbocycles. The van der Waals surface area contributed by atoms with Crippen molar-refractivity contribution in [2.45, 2.75) is 25.9 Å². The zero-order valence-corrected chi connectivity index (χ0v) is 18.6. The van der Waals surface area contributed by atoms with E-state index in [1.54, 1.807) is 28.8 Å². The van der Waals surface area contributed by atoms with Gasteiger partial charge in [-0.3, -0.25) is 0 Å². The molecule has 0 radical (unpaired) electrons. The Morgan fingerprint density at radius 1 is 1.09 bits per heavy atom. The van der Waals surface area contributed by atoms with Crippen molar-refractivity contribution in [3.05, 3.63) is 60.3 Å². The van der Waals surface area contributed by atoms with Gasteiger partial charge in [0.2, 0.25) is 4.96 Å². The maximum Gasteiger partial charge on any atom is 0.335 e. The molecule has 32 heavy (non-hydrogen) atoms. The number of rotatable bonds is 6. The van der Waals surface area contributed by atoms with Crippen LogP contribution in [0.4, 0.5) is 5.69 Å². The predicted molar refractivity (Wildman–Crippen MR) is 126 cm³/mol. The zero-order valence-electron chi connectivity index (χ0n) is 17.8. The van der Waals surface area contributed by atoms with E-state index in [-0.39, 0.29) is 5.56 Å². The van der Waals surface area contributed by atoms with Gasteiger partial charge >= 0.3 is 5.97 Å². The van der Waals surface area contributed by atoms with Gasteiger partial charge in [0.15, 0.2) is 0 Å². The summed E-state index contributed by atoms with van der Waals surface area (Å²) in [6.45, 7) is 4.88. The molecule has 1 aliphatic heterocycles. The number of fused-ring (bicyclic) bond motifs is 1. The Bertz CT molecular complexity index is 1190. The van der Waals surface area contributed by atoms with Crippen molar-refractivity contribution in [1.29, 1.82) is 0 Å². The largest absolute Gasteiger partial charge is 0.478 e. The summed E-state index contributed by atoms with van der Waals surface area (Å²) < 4.78 is 7.54. The summed E-state index contributed by atoms with van der Waals surface area (Å²) in [6, 6.07) is 15.3. The van der Waals surface area contributed by atoms with Gasteiger partial charge in [-0.25, -0.2) is 14.3 Å². The van der Waals surface area contributed by atoms with Gasteiger partial charge in [0.1, 0.15) is 5.01 Å². The molecule has 8 heteroatoms. The number of imidazole rings is 1. The van der Waals surface area contributed by atoms with E-state index in [2.05, 4.69) is 41.1 Å². The van der Waals surface area contributed by atoms with E-state index in [1.807, 2.05) is 6.20 Å². The van der Waals surface area contributed by atoms with Crippen LogP contribution in [0.25, 0.3) is 26.8 Å². The molecule has 3 heterocycles. The van der Waals surface area contributed by atoms with Crippen LogP contribution >= 0.6 is 11.3 Å². The summed E-state index contributed by atoms with van der Waals surface area (Å²) >= 11 is 1.54. The van der Waals surface area contributed by atoms with Gasteiger partial charge in [-0.2, -0.15) is 5.10 Å². The van der Waals surface area contributed by atoms with Gasteiger partial charge in [0, 0.05) is 36.5 Å². The molecule has 1 fully saturated rings. The molecule has 0 unspecified atom stereocenters. The van der Waals surface area contributed by atoms with E-state index >= 15 is 0 Å². The summed E-state index contributed by atoms with van der Waals surface area (Å²) in [6.07, 6.45) is 4.41. The third-order valence-electron chi connectivity index (χ3n) is 5.79. The van der Waals surface area contributed by atoms with Crippen molar-refractivity contribution < 1.29 is 14.6 Å². The van der Waals surface area contributed by atoms with Crippen molar-refractivity contribution in [3.8, 4) is 21.8 Å². The van der Waals surface area contributed by atoms with E-state index in [0.717, 1.165) is 59.3 Å². The Kier molecular flexibility index (Phi) is 5.63. The second-order valence-corrected chi connectivity index (χ2v) is 8.79. The SMILES string of the molecule is CCOC1CCN(c2ccc(-c3nn4cc(-c5ccc(C(=O)O)cc5)nc4s3)cc2)CC1. The molecule has 5 rings (SSSR count). The van der Waals surface area contributed by atoms with E-state index in [1.165, 1.54) is 17.0 Å². The normalized spacial score (nSPS) is 14.8. The molecule has 2 aromatic heterocycles. The number of carboxylic acids is 1. The summed E-state index contributed by atoms with van der Waals surface area (Å²) in [5, 5.41) is 14.7. The van der Waals surface area contributed by atoms with Gasteiger partial charge in [-0.1, -0.05) is 23.5 Å². The van der Waals surface area contributed by atoms with Crippen LogP contribution in [0.3, 0.4) is 0 Å². The molecule has 4 aromatic rings. The molecular formula is C24H24N4O3S. The number of carboxylic acid groups (broad SMARTS) is 1. The molecule has 0 bridgehead atoms. The molecule has 0 spiro atoms. The van der Waals surface area contributed by atoms with Crippen molar-refractivity contribution in [1.82, 2.24) is 14.6 Å². The van der Waals surface area contributed by atoms with Crippen LogP contribution in [-0.4, -0.2) is 51.5 Å². The monoisotopic (exact) mass is 448 g/mol. The molecule has 0 amide bonds. The average molecular weight is 449 g/mol. The van der Waals surface area contributed by atoms with Crippen LogP contribution in [0.15, 0.2) is 54.7 Å². The van der Waals surface area contributed by atoms with Crippen LogP contribution in [-0.2, 0) is 4.74 Å². The molecule has 7 nitrogen and oxygen atoms in total. The van der Waals surface area contributed by atoms with E-state index in [9.17, 15) is 4.79 Å². The third kappa shape index (κ3) is 4.11. The highest BCUT2D eigenvalue weighted by Crippen LogP contribution is 2.30. The summed E-state index contributed by atoms with van der Waals surface area (Å²) in [5.74, 6) is -0.935. The number of benzene rings is 2. The lowest BCUT2D eigenvalue weighted by Crippen LogP contribution is -2.37. The Morgan fingerprint density at radius 3 is 2.41 bits per heavy atom. The summed E-state index contributed by atoms with van der Waals surface area (Å²) in [4.78, 5) is 18.9.